The highest BCUT2D eigenvalue weighted by Crippen LogP contribution is 2.33. The molecular weight excluding hydrogens is 338 g/mol. The number of benzene rings is 2. The molecule has 0 spiro atoms. The number of methoxy groups -OCH3 is 2. The number of hydrogen-bond acceptors (Lipinski definition) is 4. The van der Waals surface area contributed by atoms with Gasteiger partial charge in [-0.05, 0) is 47.0 Å². The second-order valence-corrected chi connectivity index (χ2v) is 5.66. The molecule has 5 heteroatoms. The van der Waals surface area contributed by atoms with Crippen molar-refractivity contribution in [2.45, 2.75) is 0 Å². The van der Waals surface area contributed by atoms with Crippen LogP contribution in [-0.2, 0) is 0 Å². The molecule has 0 aliphatic carbocycles. The Morgan fingerprint density at radius 3 is 2.16 bits per heavy atom. The molecule has 0 bridgehead atoms. The molecule has 4 nitrogen and oxygen atoms in total. The van der Waals surface area contributed by atoms with Crippen LogP contribution in [-0.4, -0.2) is 24.4 Å². The largest absolute Gasteiger partial charge is 0.493 e. The predicted molar refractivity (Wildman–Crippen MR) is 98.4 cm³/mol. The number of carbonyl (C=O) groups is 1. The SMILES string of the molecule is COc1ccc(-c2ccc(-c3ncccc3C(=O)Cl)cc2)cc1OC. The second-order valence-electron chi connectivity index (χ2n) is 5.32. The molecule has 0 atom stereocenters. The highest BCUT2D eigenvalue weighted by atomic mass is 35.5. The topological polar surface area (TPSA) is 48.4 Å². The van der Waals surface area contributed by atoms with E-state index in [1.807, 2.05) is 42.5 Å². The summed E-state index contributed by atoms with van der Waals surface area (Å²) in [7, 11) is 3.21. The van der Waals surface area contributed by atoms with E-state index < -0.39 is 5.24 Å². The van der Waals surface area contributed by atoms with Gasteiger partial charge < -0.3 is 9.47 Å². The normalized spacial score (nSPS) is 10.4. The number of carbonyl (C=O) groups excluding carboxylic acids is 1. The molecule has 0 saturated heterocycles. The molecule has 0 saturated carbocycles. The number of aromatic nitrogens is 1. The molecule has 0 amide bonds. The van der Waals surface area contributed by atoms with Crippen LogP contribution in [0.3, 0.4) is 0 Å². The van der Waals surface area contributed by atoms with E-state index >= 15 is 0 Å². The monoisotopic (exact) mass is 353 g/mol. The average Bonchev–Trinajstić information content (AvgIpc) is 2.67. The molecular formula is C20H16ClNO3. The first-order valence-electron chi connectivity index (χ1n) is 7.61. The summed E-state index contributed by atoms with van der Waals surface area (Å²) in [6, 6.07) is 16.9. The van der Waals surface area contributed by atoms with Crippen LogP contribution in [0.1, 0.15) is 10.4 Å². The summed E-state index contributed by atoms with van der Waals surface area (Å²) < 4.78 is 10.6. The third-order valence-electron chi connectivity index (χ3n) is 3.89. The van der Waals surface area contributed by atoms with E-state index in [0.29, 0.717) is 22.8 Å². The molecule has 0 N–H and O–H groups in total. The van der Waals surface area contributed by atoms with E-state index in [1.165, 1.54) is 0 Å². The van der Waals surface area contributed by atoms with Crippen molar-refractivity contribution >= 4 is 16.8 Å². The standard InChI is InChI=1S/C20H16ClNO3/c1-24-17-10-9-15(12-18(17)25-2)13-5-7-14(8-6-13)19-16(20(21)23)4-3-11-22-19/h3-12H,1-2H3. The Balaban J connectivity index is 1.97. The van der Waals surface area contributed by atoms with Gasteiger partial charge in [-0.3, -0.25) is 9.78 Å². The molecule has 0 aliphatic rings. The van der Waals surface area contributed by atoms with E-state index in [0.717, 1.165) is 16.7 Å². The lowest BCUT2D eigenvalue weighted by Crippen LogP contribution is -1.96. The maximum absolute atomic E-state index is 11.6. The van der Waals surface area contributed by atoms with Crippen LogP contribution >= 0.6 is 11.6 Å². The number of pyridine rings is 1. The molecule has 3 aromatic rings. The third-order valence-corrected chi connectivity index (χ3v) is 4.10. The van der Waals surface area contributed by atoms with Crippen LogP contribution in [0, 0.1) is 0 Å². The van der Waals surface area contributed by atoms with Gasteiger partial charge in [-0.15, -0.1) is 0 Å². The molecule has 0 unspecified atom stereocenters. The van der Waals surface area contributed by atoms with Gasteiger partial charge in [0, 0.05) is 11.8 Å². The van der Waals surface area contributed by atoms with E-state index in [-0.39, 0.29) is 0 Å². The van der Waals surface area contributed by atoms with Crippen molar-refractivity contribution in [2.24, 2.45) is 0 Å². The lowest BCUT2D eigenvalue weighted by Gasteiger charge is -2.10. The van der Waals surface area contributed by atoms with Crippen LogP contribution < -0.4 is 9.47 Å². The molecule has 1 aromatic heterocycles. The third kappa shape index (κ3) is 3.49. The molecule has 0 aliphatic heterocycles. The zero-order valence-corrected chi connectivity index (χ0v) is 14.6. The van der Waals surface area contributed by atoms with Gasteiger partial charge in [0.25, 0.3) is 5.24 Å². The van der Waals surface area contributed by atoms with Crippen LogP contribution in [0.25, 0.3) is 22.4 Å². The van der Waals surface area contributed by atoms with Crippen LogP contribution in [0.15, 0.2) is 60.8 Å². The predicted octanol–water partition coefficient (Wildman–Crippen LogP) is 4.81. The summed E-state index contributed by atoms with van der Waals surface area (Å²) in [6.45, 7) is 0. The van der Waals surface area contributed by atoms with Crippen LogP contribution in [0.2, 0.25) is 0 Å². The van der Waals surface area contributed by atoms with E-state index in [2.05, 4.69) is 4.98 Å². The Labute approximate surface area is 151 Å². The van der Waals surface area contributed by atoms with Gasteiger partial charge in [0.05, 0.1) is 25.5 Å². The maximum atomic E-state index is 11.6. The number of halogens is 1. The fourth-order valence-corrected chi connectivity index (χ4v) is 2.78. The Hall–Kier alpha value is -2.85. The molecule has 3 rings (SSSR count). The van der Waals surface area contributed by atoms with E-state index in [4.69, 9.17) is 21.1 Å². The van der Waals surface area contributed by atoms with Crippen molar-refractivity contribution in [3.8, 4) is 33.9 Å². The molecule has 2 aromatic carbocycles. The van der Waals surface area contributed by atoms with Crippen molar-refractivity contribution in [1.82, 2.24) is 4.98 Å². The Morgan fingerprint density at radius 2 is 1.52 bits per heavy atom. The van der Waals surface area contributed by atoms with Crippen molar-refractivity contribution in [3.63, 3.8) is 0 Å². The number of nitrogens with zero attached hydrogens (tertiary/aromatic N) is 1. The first-order chi connectivity index (χ1) is 12.1. The van der Waals surface area contributed by atoms with E-state index in [9.17, 15) is 4.79 Å². The van der Waals surface area contributed by atoms with Crippen LogP contribution in [0.4, 0.5) is 0 Å². The van der Waals surface area contributed by atoms with Gasteiger partial charge in [0.1, 0.15) is 0 Å². The Kier molecular flexibility index (Phi) is 5.00. The minimum atomic E-state index is -0.521. The first kappa shape index (κ1) is 17.0. The van der Waals surface area contributed by atoms with Gasteiger partial charge in [-0.25, -0.2) is 0 Å². The van der Waals surface area contributed by atoms with Crippen molar-refractivity contribution in [1.29, 1.82) is 0 Å². The smallest absolute Gasteiger partial charge is 0.254 e. The second kappa shape index (κ2) is 7.36. The highest BCUT2D eigenvalue weighted by Gasteiger charge is 2.12. The summed E-state index contributed by atoms with van der Waals surface area (Å²) in [6.07, 6.45) is 1.64. The highest BCUT2D eigenvalue weighted by molar-refractivity contribution is 6.68. The van der Waals surface area contributed by atoms with Gasteiger partial charge in [-0.1, -0.05) is 30.3 Å². The van der Waals surface area contributed by atoms with Crippen molar-refractivity contribution < 1.29 is 14.3 Å². The minimum Gasteiger partial charge on any atom is -0.493 e. The minimum absolute atomic E-state index is 0.392. The summed E-state index contributed by atoms with van der Waals surface area (Å²) >= 11 is 5.64. The summed E-state index contributed by atoms with van der Waals surface area (Å²) in [5.74, 6) is 1.35. The van der Waals surface area contributed by atoms with Gasteiger partial charge in [0.15, 0.2) is 11.5 Å². The van der Waals surface area contributed by atoms with Crippen molar-refractivity contribution in [3.05, 3.63) is 66.4 Å². The summed E-state index contributed by atoms with van der Waals surface area (Å²) in [5.41, 5.74) is 3.80. The van der Waals surface area contributed by atoms with Crippen molar-refractivity contribution in [2.75, 3.05) is 14.2 Å². The number of hydrogen-bond donors (Lipinski definition) is 0. The molecule has 0 fully saturated rings. The lowest BCUT2D eigenvalue weighted by atomic mass is 10.0. The average molecular weight is 354 g/mol. The molecule has 0 radical (unpaired) electrons. The zero-order valence-electron chi connectivity index (χ0n) is 13.8. The lowest BCUT2D eigenvalue weighted by molar-refractivity contribution is 0.108. The maximum Gasteiger partial charge on any atom is 0.254 e. The zero-order chi connectivity index (χ0) is 17.8. The molecule has 25 heavy (non-hydrogen) atoms. The summed E-state index contributed by atoms with van der Waals surface area (Å²) in [5, 5.41) is -0.521. The van der Waals surface area contributed by atoms with Gasteiger partial charge >= 0.3 is 0 Å². The Morgan fingerprint density at radius 1 is 0.880 bits per heavy atom. The van der Waals surface area contributed by atoms with Gasteiger partial charge in [-0.2, -0.15) is 0 Å². The van der Waals surface area contributed by atoms with Crippen LogP contribution in [0.5, 0.6) is 11.5 Å². The number of rotatable bonds is 5. The first-order valence-corrected chi connectivity index (χ1v) is 7.99. The Bertz CT molecular complexity index is 907. The molecule has 126 valence electrons. The summed E-state index contributed by atoms with van der Waals surface area (Å²) in [4.78, 5) is 15.8. The fourth-order valence-electron chi connectivity index (χ4n) is 2.63. The van der Waals surface area contributed by atoms with E-state index in [1.54, 1.807) is 32.5 Å². The fraction of sp³-hybridized carbons (Fsp3) is 0.100. The van der Waals surface area contributed by atoms with Gasteiger partial charge in [0.2, 0.25) is 0 Å². The number of ether oxygens (including phenoxy) is 2. The quantitative estimate of drug-likeness (QED) is 0.617. The molecule has 1 heterocycles.